The van der Waals surface area contributed by atoms with E-state index in [1.807, 2.05) is 13.0 Å². The highest BCUT2D eigenvalue weighted by molar-refractivity contribution is 7.89. The van der Waals surface area contributed by atoms with Crippen molar-refractivity contribution >= 4 is 10.0 Å². The van der Waals surface area contributed by atoms with Crippen LogP contribution < -0.4 is 4.74 Å². The summed E-state index contributed by atoms with van der Waals surface area (Å²) in [6.07, 6.45) is 1.70. The average Bonchev–Trinajstić information content (AvgIpc) is 2.90. The largest absolute Gasteiger partial charge is 0.492 e. The molecule has 4 rings (SSSR count). The standard InChI is InChI=1S/C22H28N2O3S/c1-2-13-28(25,26)24-11-12-27-22-8-7-18(14-21(22)17-24)15-23-10-9-19-5-3-4-6-20(19)16-23/h3-8,14H,2,9-13,15-17H2,1H3. The summed E-state index contributed by atoms with van der Waals surface area (Å²) in [4.78, 5) is 2.45. The maximum Gasteiger partial charge on any atom is 0.214 e. The van der Waals surface area contributed by atoms with Gasteiger partial charge in [-0.05, 0) is 41.7 Å². The summed E-state index contributed by atoms with van der Waals surface area (Å²) in [5, 5.41) is 0. The summed E-state index contributed by atoms with van der Waals surface area (Å²) >= 11 is 0. The molecule has 2 aliphatic heterocycles. The van der Waals surface area contributed by atoms with Gasteiger partial charge in [0.05, 0.1) is 5.75 Å². The van der Waals surface area contributed by atoms with Crippen molar-refractivity contribution in [1.82, 2.24) is 9.21 Å². The Morgan fingerprint density at radius 1 is 1.00 bits per heavy atom. The zero-order valence-corrected chi connectivity index (χ0v) is 17.2. The maximum atomic E-state index is 12.5. The lowest BCUT2D eigenvalue weighted by Crippen LogP contribution is -2.34. The quantitative estimate of drug-likeness (QED) is 0.774. The molecule has 5 nitrogen and oxygen atoms in total. The molecule has 0 aromatic heterocycles. The van der Waals surface area contributed by atoms with Gasteiger partial charge in [0, 0.05) is 38.3 Å². The molecular formula is C22H28N2O3S. The third-order valence-electron chi connectivity index (χ3n) is 5.54. The summed E-state index contributed by atoms with van der Waals surface area (Å²) < 4.78 is 32.5. The van der Waals surface area contributed by atoms with E-state index in [-0.39, 0.29) is 5.75 Å². The minimum absolute atomic E-state index is 0.190. The van der Waals surface area contributed by atoms with E-state index in [2.05, 4.69) is 41.3 Å². The Bertz CT molecular complexity index is 943. The molecule has 0 fully saturated rings. The van der Waals surface area contributed by atoms with Crippen molar-refractivity contribution in [2.24, 2.45) is 0 Å². The van der Waals surface area contributed by atoms with E-state index >= 15 is 0 Å². The first-order chi connectivity index (χ1) is 13.5. The van der Waals surface area contributed by atoms with E-state index in [0.29, 0.717) is 26.1 Å². The van der Waals surface area contributed by atoms with E-state index in [9.17, 15) is 8.42 Å². The van der Waals surface area contributed by atoms with Crippen LogP contribution in [0.2, 0.25) is 0 Å². The van der Waals surface area contributed by atoms with Gasteiger partial charge in [-0.15, -0.1) is 0 Å². The fourth-order valence-electron chi connectivity index (χ4n) is 4.09. The molecule has 150 valence electrons. The van der Waals surface area contributed by atoms with Crippen molar-refractivity contribution in [2.45, 2.75) is 39.4 Å². The summed E-state index contributed by atoms with van der Waals surface area (Å²) in [5.74, 6) is 0.997. The van der Waals surface area contributed by atoms with Gasteiger partial charge in [-0.2, -0.15) is 4.31 Å². The van der Waals surface area contributed by atoms with E-state index in [0.717, 1.165) is 37.4 Å². The van der Waals surface area contributed by atoms with Gasteiger partial charge in [0.2, 0.25) is 10.0 Å². The van der Waals surface area contributed by atoms with Crippen LogP contribution in [0.25, 0.3) is 0 Å². The van der Waals surface area contributed by atoms with Crippen LogP contribution in [0.4, 0.5) is 0 Å². The van der Waals surface area contributed by atoms with Gasteiger partial charge in [0.25, 0.3) is 0 Å². The highest BCUT2D eigenvalue weighted by Gasteiger charge is 2.25. The van der Waals surface area contributed by atoms with Crippen LogP contribution in [0, 0.1) is 0 Å². The van der Waals surface area contributed by atoms with Gasteiger partial charge in [0.15, 0.2) is 0 Å². The summed E-state index contributed by atoms with van der Waals surface area (Å²) in [7, 11) is -3.23. The number of fused-ring (bicyclic) bond motifs is 2. The van der Waals surface area contributed by atoms with Crippen LogP contribution in [0.3, 0.4) is 0 Å². The van der Waals surface area contributed by atoms with Gasteiger partial charge >= 0.3 is 0 Å². The Morgan fingerprint density at radius 2 is 1.82 bits per heavy atom. The van der Waals surface area contributed by atoms with E-state index in [1.165, 1.54) is 16.7 Å². The zero-order chi connectivity index (χ0) is 19.6. The van der Waals surface area contributed by atoms with E-state index in [1.54, 1.807) is 4.31 Å². The smallest absolute Gasteiger partial charge is 0.214 e. The second-order valence-electron chi connectivity index (χ2n) is 7.67. The Labute approximate surface area is 168 Å². The van der Waals surface area contributed by atoms with Crippen molar-refractivity contribution in [2.75, 3.05) is 25.4 Å². The first kappa shape index (κ1) is 19.4. The van der Waals surface area contributed by atoms with Gasteiger partial charge < -0.3 is 4.74 Å². The third kappa shape index (κ3) is 4.24. The molecule has 0 unspecified atom stereocenters. The molecule has 0 amide bonds. The predicted octanol–water partition coefficient (Wildman–Crippen LogP) is 3.18. The maximum absolute atomic E-state index is 12.5. The third-order valence-corrected chi connectivity index (χ3v) is 7.56. The molecule has 0 radical (unpaired) electrons. The van der Waals surface area contributed by atoms with Crippen molar-refractivity contribution in [1.29, 1.82) is 0 Å². The average molecular weight is 401 g/mol. The normalized spacial score (nSPS) is 18.0. The molecular weight excluding hydrogens is 372 g/mol. The topological polar surface area (TPSA) is 49.9 Å². The lowest BCUT2D eigenvalue weighted by Gasteiger charge is -2.29. The molecule has 0 saturated heterocycles. The minimum atomic E-state index is -3.23. The molecule has 2 aliphatic rings. The first-order valence-corrected chi connectivity index (χ1v) is 11.7. The molecule has 0 N–H and O–H groups in total. The van der Waals surface area contributed by atoms with Gasteiger partial charge in [-0.3, -0.25) is 4.90 Å². The lowest BCUT2D eigenvalue weighted by molar-refractivity contribution is 0.245. The molecule has 0 bridgehead atoms. The van der Waals surface area contributed by atoms with Crippen LogP contribution >= 0.6 is 0 Å². The second kappa shape index (κ2) is 8.23. The van der Waals surface area contributed by atoms with Crippen molar-refractivity contribution in [3.63, 3.8) is 0 Å². The fraction of sp³-hybridized carbons (Fsp3) is 0.455. The summed E-state index contributed by atoms with van der Waals surface area (Å²) in [6, 6.07) is 14.9. The van der Waals surface area contributed by atoms with Crippen molar-refractivity contribution in [3.8, 4) is 5.75 Å². The lowest BCUT2D eigenvalue weighted by atomic mass is 9.99. The Morgan fingerprint density at radius 3 is 2.64 bits per heavy atom. The molecule has 0 spiro atoms. The highest BCUT2D eigenvalue weighted by atomic mass is 32.2. The molecule has 0 saturated carbocycles. The SMILES string of the molecule is CCCS(=O)(=O)N1CCOc2ccc(CN3CCc4ccccc4C3)cc2C1. The van der Waals surface area contributed by atoms with E-state index < -0.39 is 10.0 Å². The van der Waals surface area contributed by atoms with Crippen molar-refractivity contribution in [3.05, 3.63) is 64.7 Å². The second-order valence-corrected chi connectivity index (χ2v) is 9.76. The molecule has 2 aromatic carbocycles. The van der Waals surface area contributed by atoms with Gasteiger partial charge in [0.1, 0.15) is 12.4 Å². The number of benzene rings is 2. The first-order valence-electron chi connectivity index (χ1n) is 10.1. The molecule has 6 heteroatoms. The number of nitrogens with zero attached hydrogens (tertiary/aromatic N) is 2. The fourth-order valence-corrected chi connectivity index (χ4v) is 5.56. The van der Waals surface area contributed by atoms with E-state index in [4.69, 9.17) is 4.74 Å². The van der Waals surface area contributed by atoms with Crippen molar-refractivity contribution < 1.29 is 13.2 Å². The highest BCUT2D eigenvalue weighted by Crippen LogP contribution is 2.27. The number of ether oxygens (including phenoxy) is 1. The molecule has 0 atom stereocenters. The van der Waals surface area contributed by atoms with Crippen LogP contribution in [0.1, 0.15) is 35.6 Å². The van der Waals surface area contributed by atoms with Crippen LogP contribution in [0.15, 0.2) is 42.5 Å². The zero-order valence-electron chi connectivity index (χ0n) is 16.4. The molecule has 2 heterocycles. The molecule has 2 aromatic rings. The monoisotopic (exact) mass is 400 g/mol. The van der Waals surface area contributed by atoms with Gasteiger partial charge in [-0.1, -0.05) is 37.3 Å². The summed E-state index contributed by atoms with van der Waals surface area (Å²) in [6.45, 7) is 5.97. The Hall–Kier alpha value is -1.89. The molecule has 0 aliphatic carbocycles. The number of rotatable bonds is 5. The van der Waals surface area contributed by atoms with Crippen LogP contribution in [-0.4, -0.2) is 43.1 Å². The Kier molecular flexibility index (Phi) is 5.71. The Balaban J connectivity index is 1.50. The summed E-state index contributed by atoms with van der Waals surface area (Å²) in [5.41, 5.74) is 5.03. The van der Waals surface area contributed by atoms with Crippen LogP contribution in [-0.2, 0) is 36.1 Å². The van der Waals surface area contributed by atoms with Crippen LogP contribution in [0.5, 0.6) is 5.75 Å². The minimum Gasteiger partial charge on any atom is -0.492 e. The number of hydrogen-bond donors (Lipinski definition) is 0. The molecule has 28 heavy (non-hydrogen) atoms. The number of sulfonamides is 1. The number of hydrogen-bond acceptors (Lipinski definition) is 4. The predicted molar refractivity (Wildman–Crippen MR) is 111 cm³/mol. The van der Waals surface area contributed by atoms with Gasteiger partial charge in [-0.25, -0.2) is 8.42 Å².